The average Bonchev–Trinajstić information content (AvgIpc) is 2.95. The number of alkyl halides is 3. The number of rotatable bonds is 5. The van der Waals surface area contributed by atoms with E-state index in [-0.39, 0.29) is 12.6 Å². The lowest BCUT2D eigenvalue weighted by molar-refractivity contribution is -0.191. The average molecular weight is 392 g/mol. The Bertz CT molecular complexity index is 772. The Morgan fingerprint density at radius 1 is 1.35 bits per heavy atom. The normalized spacial score (nSPS) is 12.0. The molecule has 0 saturated heterocycles. The highest BCUT2D eigenvalue weighted by Crippen LogP contribution is 2.36. The van der Waals surface area contributed by atoms with E-state index in [1.165, 1.54) is 25.6 Å². The lowest BCUT2D eigenvalue weighted by atomic mass is 10.0. The van der Waals surface area contributed by atoms with E-state index in [1.807, 2.05) is 6.92 Å². The van der Waals surface area contributed by atoms with Gasteiger partial charge in [0.2, 0.25) is 0 Å². The molecule has 0 aliphatic rings. The van der Waals surface area contributed by atoms with Crippen molar-refractivity contribution in [3.05, 3.63) is 29.2 Å². The fraction of sp³-hybridized carbons (Fsp3) is 0.438. The van der Waals surface area contributed by atoms with E-state index >= 15 is 0 Å². The summed E-state index contributed by atoms with van der Waals surface area (Å²) in [5.41, 5.74) is 1.54. The summed E-state index contributed by atoms with van der Waals surface area (Å²) in [6, 6.07) is 1.51. The smallest absolute Gasteiger partial charge is 0.391 e. The molecule has 0 amide bonds. The Kier molecular flexibility index (Phi) is 7.79. The maximum absolute atomic E-state index is 12.7. The highest BCUT2D eigenvalue weighted by molar-refractivity contribution is 6.33. The molecule has 142 valence electrons. The second kappa shape index (κ2) is 9.35. The van der Waals surface area contributed by atoms with Crippen molar-refractivity contribution in [1.29, 1.82) is 0 Å². The van der Waals surface area contributed by atoms with Gasteiger partial charge in [0.15, 0.2) is 0 Å². The van der Waals surface area contributed by atoms with E-state index in [2.05, 4.69) is 10.1 Å². The molecular formula is C16H17ClF3N3O3. The topological polar surface area (TPSA) is 74.1 Å². The van der Waals surface area contributed by atoms with E-state index in [0.717, 1.165) is 6.92 Å². The molecule has 0 fully saturated rings. The number of methoxy groups -OCH3 is 1. The maximum Gasteiger partial charge on any atom is 0.391 e. The van der Waals surface area contributed by atoms with Crippen LogP contribution in [0.5, 0.6) is 5.75 Å². The third-order valence-electron chi connectivity index (χ3n) is 3.57. The summed E-state index contributed by atoms with van der Waals surface area (Å²) in [7, 11) is 1.45. The molecule has 0 N–H and O–H groups in total. The van der Waals surface area contributed by atoms with Crippen LogP contribution in [0.15, 0.2) is 18.5 Å². The van der Waals surface area contributed by atoms with Gasteiger partial charge < -0.3 is 4.74 Å². The van der Waals surface area contributed by atoms with Gasteiger partial charge in [0, 0.05) is 30.9 Å². The van der Waals surface area contributed by atoms with Crippen molar-refractivity contribution < 1.29 is 27.5 Å². The molecule has 0 radical (unpaired) electrons. The summed E-state index contributed by atoms with van der Waals surface area (Å²) in [5, 5.41) is 4.58. The quantitative estimate of drug-likeness (QED) is 0.775. The predicted octanol–water partition coefficient (Wildman–Crippen LogP) is 3.78. The fourth-order valence-corrected chi connectivity index (χ4v) is 2.48. The third kappa shape index (κ3) is 5.31. The molecule has 0 aliphatic carbocycles. The first-order chi connectivity index (χ1) is 12.2. The van der Waals surface area contributed by atoms with E-state index < -0.39 is 12.1 Å². The van der Waals surface area contributed by atoms with Crippen molar-refractivity contribution in [3.63, 3.8) is 0 Å². The first-order valence-electron chi connectivity index (χ1n) is 7.50. The number of carbonyl (C=O) groups excluding carboxylic acids is 2. The highest BCUT2D eigenvalue weighted by Gasteiger charge is 2.36. The minimum absolute atomic E-state index is 0.207. The second-order valence-electron chi connectivity index (χ2n) is 5.26. The van der Waals surface area contributed by atoms with E-state index in [9.17, 15) is 13.2 Å². The Labute approximate surface area is 152 Å². The molecular weight excluding hydrogens is 375 g/mol. The fourth-order valence-electron chi connectivity index (χ4n) is 2.24. The third-order valence-corrected chi connectivity index (χ3v) is 3.84. The Morgan fingerprint density at radius 2 is 1.96 bits per heavy atom. The summed E-state index contributed by atoms with van der Waals surface area (Å²) < 4.78 is 45.0. The van der Waals surface area contributed by atoms with Crippen LogP contribution in [0.1, 0.15) is 19.5 Å². The molecule has 0 spiro atoms. The van der Waals surface area contributed by atoms with Gasteiger partial charge in [-0.2, -0.15) is 27.9 Å². The van der Waals surface area contributed by atoms with Crippen LogP contribution in [-0.4, -0.2) is 34.2 Å². The Balaban J connectivity index is 0.00000105. The van der Waals surface area contributed by atoms with Gasteiger partial charge in [-0.1, -0.05) is 18.5 Å². The molecule has 26 heavy (non-hydrogen) atoms. The van der Waals surface area contributed by atoms with Crippen LogP contribution in [0.4, 0.5) is 13.2 Å². The molecule has 2 heterocycles. The second-order valence-corrected chi connectivity index (χ2v) is 5.67. The SMILES string of the molecule is CCn1ncc(Cl)c1-c1cnc(CC(C)C(F)(F)F)cc1OC.O=C=O. The Hall–Kier alpha value is -2.38. The van der Waals surface area contributed by atoms with Crippen LogP contribution in [0.25, 0.3) is 11.3 Å². The molecule has 1 unspecified atom stereocenters. The van der Waals surface area contributed by atoms with Gasteiger partial charge in [0.05, 0.1) is 35.5 Å². The Morgan fingerprint density at radius 3 is 2.46 bits per heavy atom. The number of aryl methyl sites for hydroxylation is 1. The van der Waals surface area contributed by atoms with Gasteiger partial charge in [-0.05, 0) is 6.92 Å². The van der Waals surface area contributed by atoms with Crippen LogP contribution in [0.3, 0.4) is 0 Å². The molecule has 2 aromatic rings. The number of hydrogen-bond donors (Lipinski definition) is 0. The van der Waals surface area contributed by atoms with Gasteiger partial charge in [0.25, 0.3) is 0 Å². The van der Waals surface area contributed by atoms with Crippen LogP contribution < -0.4 is 4.74 Å². The minimum Gasteiger partial charge on any atom is -0.496 e. The zero-order valence-corrected chi connectivity index (χ0v) is 15.1. The van der Waals surface area contributed by atoms with E-state index in [0.29, 0.717) is 34.3 Å². The largest absolute Gasteiger partial charge is 0.496 e. The molecule has 2 rings (SSSR count). The van der Waals surface area contributed by atoms with E-state index in [4.69, 9.17) is 25.9 Å². The van der Waals surface area contributed by atoms with Crippen molar-refractivity contribution in [1.82, 2.24) is 14.8 Å². The monoisotopic (exact) mass is 391 g/mol. The predicted molar refractivity (Wildman–Crippen MR) is 86.6 cm³/mol. The molecule has 0 bridgehead atoms. The number of halogens is 4. The van der Waals surface area contributed by atoms with Crippen LogP contribution in [-0.2, 0) is 22.6 Å². The summed E-state index contributed by atoms with van der Waals surface area (Å²) in [6.07, 6.45) is -1.22. The molecule has 0 aromatic carbocycles. The zero-order valence-electron chi connectivity index (χ0n) is 14.3. The van der Waals surface area contributed by atoms with Gasteiger partial charge in [-0.15, -0.1) is 0 Å². The standard InChI is InChI=1S/C15H17ClF3N3O.CO2/c1-4-22-14(12(16)8-21-22)11-7-20-10(6-13(11)23-3)5-9(2)15(17,18)19;2-1-3/h6-9H,4-5H2,1-3H3;. The molecule has 10 heteroatoms. The minimum atomic E-state index is -4.25. The van der Waals surface area contributed by atoms with Crippen molar-refractivity contribution in [3.8, 4) is 17.0 Å². The molecule has 0 saturated carbocycles. The van der Waals surface area contributed by atoms with Crippen molar-refractivity contribution in [2.24, 2.45) is 5.92 Å². The first kappa shape index (κ1) is 21.7. The number of nitrogens with zero attached hydrogens (tertiary/aromatic N) is 3. The van der Waals surface area contributed by atoms with Gasteiger partial charge >= 0.3 is 12.3 Å². The van der Waals surface area contributed by atoms with Gasteiger partial charge in [-0.25, -0.2) is 0 Å². The van der Waals surface area contributed by atoms with Crippen molar-refractivity contribution >= 4 is 17.8 Å². The van der Waals surface area contributed by atoms with Crippen molar-refractivity contribution in [2.45, 2.75) is 33.0 Å². The first-order valence-corrected chi connectivity index (χ1v) is 7.87. The summed E-state index contributed by atoms with van der Waals surface area (Å²) in [6.45, 7) is 3.63. The zero-order chi connectivity index (χ0) is 19.9. The summed E-state index contributed by atoms with van der Waals surface area (Å²) in [5.74, 6) is -1.06. The lowest BCUT2D eigenvalue weighted by Gasteiger charge is -2.16. The number of aromatic nitrogens is 3. The number of hydrogen-bond acceptors (Lipinski definition) is 5. The molecule has 6 nitrogen and oxygen atoms in total. The molecule has 1 atom stereocenters. The maximum atomic E-state index is 12.7. The highest BCUT2D eigenvalue weighted by atomic mass is 35.5. The molecule has 2 aromatic heterocycles. The number of ether oxygens (including phenoxy) is 1. The molecule has 0 aliphatic heterocycles. The van der Waals surface area contributed by atoms with Gasteiger partial charge in [0.1, 0.15) is 5.75 Å². The summed E-state index contributed by atoms with van der Waals surface area (Å²) in [4.78, 5) is 20.4. The number of pyridine rings is 1. The van der Waals surface area contributed by atoms with Gasteiger partial charge in [-0.3, -0.25) is 9.67 Å². The summed E-state index contributed by atoms with van der Waals surface area (Å²) >= 11 is 6.16. The lowest BCUT2D eigenvalue weighted by Crippen LogP contribution is -2.22. The van der Waals surface area contributed by atoms with Crippen LogP contribution in [0.2, 0.25) is 5.02 Å². The van der Waals surface area contributed by atoms with Crippen molar-refractivity contribution in [2.75, 3.05) is 7.11 Å². The van der Waals surface area contributed by atoms with Crippen LogP contribution in [0, 0.1) is 5.92 Å². The van der Waals surface area contributed by atoms with Crippen LogP contribution >= 0.6 is 11.6 Å². The van der Waals surface area contributed by atoms with E-state index in [1.54, 1.807) is 4.68 Å².